The summed E-state index contributed by atoms with van der Waals surface area (Å²) in [5.74, 6) is 0.339. The van der Waals surface area contributed by atoms with Crippen LogP contribution in [0.2, 0.25) is 0 Å². The molecule has 0 aromatic heterocycles. The average Bonchev–Trinajstić information content (AvgIpc) is 2.72. The van der Waals surface area contributed by atoms with E-state index in [1.165, 1.54) is 12.0 Å². The number of ether oxygens (including phenoxy) is 2. The summed E-state index contributed by atoms with van der Waals surface area (Å²) in [6, 6.07) is 5.48. The van der Waals surface area contributed by atoms with E-state index in [2.05, 4.69) is 15.9 Å². The van der Waals surface area contributed by atoms with Gasteiger partial charge in [0, 0.05) is 17.1 Å². The number of nitrogens with zero attached hydrogens (tertiary/aromatic N) is 1. The van der Waals surface area contributed by atoms with Crippen molar-refractivity contribution < 1.29 is 19.1 Å². The zero-order valence-corrected chi connectivity index (χ0v) is 14.0. The van der Waals surface area contributed by atoms with E-state index >= 15 is 0 Å². The first-order valence-electron chi connectivity index (χ1n) is 6.14. The number of benzene rings is 1. The minimum atomic E-state index is -0.302. The highest BCUT2D eigenvalue weighted by atomic mass is 79.9. The lowest BCUT2D eigenvalue weighted by Crippen LogP contribution is -2.31. The van der Waals surface area contributed by atoms with Gasteiger partial charge in [-0.15, -0.1) is 0 Å². The lowest BCUT2D eigenvalue weighted by atomic mass is 10.2. The molecule has 1 aromatic rings. The van der Waals surface area contributed by atoms with Gasteiger partial charge in [-0.1, -0.05) is 15.9 Å². The Hall–Kier alpha value is -1.31. The SMILES string of the molecule is COCCN1C(=O)S/C(=C/c2cc(Br)ccc2OC)C1=O. The Labute approximate surface area is 135 Å². The number of hydrogen-bond acceptors (Lipinski definition) is 5. The van der Waals surface area contributed by atoms with Crippen molar-refractivity contribution in [3.8, 4) is 5.75 Å². The quantitative estimate of drug-likeness (QED) is 0.744. The molecule has 0 N–H and O–H groups in total. The fourth-order valence-electron chi connectivity index (χ4n) is 1.83. The van der Waals surface area contributed by atoms with Crippen molar-refractivity contribution in [3.63, 3.8) is 0 Å². The number of halogens is 1. The molecule has 0 radical (unpaired) electrons. The third kappa shape index (κ3) is 3.66. The first-order chi connectivity index (χ1) is 10.1. The molecular formula is C14H14BrNO4S. The predicted octanol–water partition coefficient (Wildman–Crippen LogP) is 3.14. The summed E-state index contributed by atoms with van der Waals surface area (Å²) in [7, 11) is 3.09. The van der Waals surface area contributed by atoms with Gasteiger partial charge in [-0.05, 0) is 36.0 Å². The minimum Gasteiger partial charge on any atom is -0.496 e. The molecule has 1 heterocycles. The van der Waals surface area contributed by atoms with Crippen LogP contribution < -0.4 is 4.74 Å². The summed E-state index contributed by atoms with van der Waals surface area (Å²) in [6.45, 7) is 0.583. The second kappa shape index (κ2) is 7.11. The van der Waals surface area contributed by atoms with E-state index < -0.39 is 0 Å². The van der Waals surface area contributed by atoms with E-state index in [-0.39, 0.29) is 17.7 Å². The van der Waals surface area contributed by atoms with Gasteiger partial charge in [-0.3, -0.25) is 14.5 Å². The highest BCUT2D eigenvalue weighted by molar-refractivity contribution is 9.10. The van der Waals surface area contributed by atoms with Crippen LogP contribution in [0, 0.1) is 0 Å². The van der Waals surface area contributed by atoms with Crippen LogP contribution >= 0.6 is 27.7 Å². The highest BCUT2D eigenvalue weighted by Crippen LogP contribution is 2.34. The summed E-state index contributed by atoms with van der Waals surface area (Å²) in [5.41, 5.74) is 0.740. The summed E-state index contributed by atoms with van der Waals surface area (Å²) in [6.07, 6.45) is 1.67. The van der Waals surface area contributed by atoms with Crippen LogP contribution in [0.1, 0.15) is 5.56 Å². The molecule has 2 amide bonds. The molecule has 1 aliphatic rings. The third-order valence-electron chi connectivity index (χ3n) is 2.87. The van der Waals surface area contributed by atoms with Gasteiger partial charge in [0.15, 0.2) is 0 Å². The summed E-state index contributed by atoms with van der Waals surface area (Å²) >= 11 is 4.30. The fraction of sp³-hybridized carbons (Fsp3) is 0.286. The molecule has 0 saturated carbocycles. The van der Waals surface area contributed by atoms with Crippen molar-refractivity contribution in [2.75, 3.05) is 27.4 Å². The van der Waals surface area contributed by atoms with E-state index in [9.17, 15) is 9.59 Å². The van der Waals surface area contributed by atoms with Gasteiger partial charge in [0.25, 0.3) is 11.1 Å². The topological polar surface area (TPSA) is 55.8 Å². The Kier molecular flexibility index (Phi) is 5.44. The van der Waals surface area contributed by atoms with E-state index in [0.29, 0.717) is 17.3 Å². The number of imide groups is 1. The Morgan fingerprint density at radius 2 is 2.10 bits per heavy atom. The molecule has 21 heavy (non-hydrogen) atoms. The molecular weight excluding hydrogens is 358 g/mol. The van der Waals surface area contributed by atoms with Crippen molar-refractivity contribution in [2.24, 2.45) is 0 Å². The molecule has 2 rings (SSSR count). The molecule has 0 atom stereocenters. The number of methoxy groups -OCH3 is 2. The molecule has 1 aromatic carbocycles. The second-order valence-corrected chi connectivity index (χ2v) is 6.12. The zero-order valence-electron chi connectivity index (χ0n) is 11.6. The zero-order chi connectivity index (χ0) is 15.4. The normalized spacial score (nSPS) is 16.9. The molecule has 112 valence electrons. The smallest absolute Gasteiger partial charge is 0.293 e. The Balaban J connectivity index is 2.28. The van der Waals surface area contributed by atoms with Gasteiger partial charge < -0.3 is 9.47 Å². The molecule has 0 bridgehead atoms. The van der Waals surface area contributed by atoms with E-state index in [0.717, 1.165) is 21.8 Å². The van der Waals surface area contributed by atoms with Crippen molar-refractivity contribution in [1.29, 1.82) is 0 Å². The van der Waals surface area contributed by atoms with Gasteiger partial charge in [-0.25, -0.2) is 0 Å². The predicted molar refractivity (Wildman–Crippen MR) is 85.2 cm³/mol. The van der Waals surface area contributed by atoms with Crippen molar-refractivity contribution in [1.82, 2.24) is 4.90 Å². The number of carbonyl (C=O) groups excluding carboxylic acids is 2. The van der Waals surface area contributed by atoms with Crippen molar-refractivity contribution in [3.05, 3.63) is 33.1 Å². The molecule has 0 spiro atoms. The van der Waals surface area contributed by atoms with Gasteiger partial charge in [-0.2, -0.15) is 0 Å². The first-order valence-corrected chi connectivity index (χ1v) is 7.75. The lowest BCUT2D eigenvalue weighted by molar-refractivity contribution is -0.123. The fourth-order valence-corrected chi connectivity index (χ4v) is 3.07. The van der Waals surface area contributed by atoms with Crippen LogP contribution in [0.25, 0.3) is 6.08 Å². The van der Waals surface area contributed by atoms with Crippen LogP contribution in [-0.4, -0.2) is 43.4 Å². The second-order valence-electron chi connectivity index (χ2n) is 4.21. The lowest BCUT2D eigenvalue weighted by Gasteiger charge is -2.10. The summed E-state index contributed by atoms with van der Waals surface area (Å²) in [4.78, 5) is 25.6. The number of thioether (sulfide) groups is 1. The van der Waals surface area contributed by atoms with Gasteiger partial charge in [0.1, 0.15) is 5.75 Å². The molecule has 1 aliphatic heterocycles. The molecule has 1 saturated heterocycles. The van der Waals surface area contributed by atoms with Gasteiger partial charge >= 0.3 is 0 Å². The molecule has 0 aliphatic carbocycles. The van der Waals surface area contributed by atoms with E-state index in [1.54, 1.807) is 19.3 Å². The van der Waals surface area contributed by atoms with E-state index in [1.807, 2.05) is 12.1 Å². The maximum atomic E-state index is 12.2. The van der Waals surface area contributed by atoms with Crippen LogP contribution in [-0.2, 0) is 9.53 Å². The van der Waals surface area contributed by atoms with Gasteiger partial charge in [0.05, 0.1) is 25.2 Å². The Morgan fingerprint density at radius 3 is 2.76 bits per heavy atom. The van der Waals surface area contributed by atoms with Gasteiger partial charge in [0.2, 0.25) is 0 Å². The first kappa shape index (κ1) is 16.1. The Morgan fingerprint density at radius 1 is 1.33 bits per heavy atom. The van der Waals surface area contributed by atoms with Crippen LogP contribution in [0.3, 0.4) is 0 Å². The largest absolute Gasteiger partial charge is 0.496 e. The molecule has 7 heteroatoms. The maximum Gasteiger partial charge on any atom is 0.293 e. The molecule has 5 nitrogen and oxygen atoms in total. The third-order valence-corrected chi connectivity index (χ3v) is 4.27. The van der Waals surface area contributed by atoms with Crippen LogP contribution in [0.5, 0.6) is 5.75 Å². The number of amides is 2. The van der Waals surface area contributed by atoms with Crippen molar-refractivity contribution >= 4 is 44.9 Å². The standard InChI is InChI=1S/C14H14BrNO4S/c1-19-6-5-16-13(17)12(21-14(16)18)8-9-7-10(15)3-4-11(9)20-2/h3-4,7-8H,5-6H2,1-2H3/b12-8+. The molecule has 0 unspecified atom stereocenters. The van der Waals surface area contributed by atoms with Crippen molar-refractivity contribution in [2.45, 2.75) is 0 Å². The minimum absolute atomic E-state index is 0.258. The van der Waals surface area contributed by atoms with Crippen LogP contribution in [0.4, 0.5) is 4.79 Å². The summed E-state index contributed by atoms with van der Waals surface area (Å²) < 4.78 is 11.0. The summed E-state index contributed by atoms with van der Waals surface area (Å²) in [5, 5.41) is -0.280. The molecule has 1 fully saturated rings. The maximum absolute atomic E-state index is 12.2. The van der Waals surface area contributed by atoms with Crippen LogP contribution in [0.15, 0.2) is 27.6 Å². The van der Waals surface area contributed by atoms with E-state index in [4.69, 9.17) is 9.47 Å². The average molecular weight is 372 g/mol. The highest BCUT2D eigenvalue weighted by Gasteiger charge is 2.34. The monoisotopic (exact) mass is 371 g/mol. The Bertz CT molecular complexity index is 603. The number of hydrogen-bond donors (Lipinski definition) is 0. The number of carbonyl (C=O) groups is 2. The number of rotatable bonds is 5.